The number of amides is 1. The first-order valence-electron chi connectivity index (χ1n) is 16.0. The van der Waals surface area contributed by atoms with Crippen molar-refractivity contribution in [1.82, 2.24) is 9.31 Å². The van der Waals surface area contributed by atoms with Crippen molar-refractivity contribution in [1.29, 1.82) is 0 Å². The molecular formula is C38H34ClN3O5S. The monoisotopic (exact) mass is 679 g/mol. The molecule has 48 heavy (non-hydrogen) atoms. The van der Waals surface area contributed by atoms with Crippen molar-refractivity contribution >= 4 is 45.3 Å². The van der Waals surface area contributed by atoms with E-state index in [1.807, 2.05) is 84.9 Å². The average molecular weight is 680 g/mol. The van der Waals surface area contributed by atoms with Crippen LogP contribution in [0.5, 0.6) is 0 Å². The summed E-state index contributed by atoms with van der Waals surface area (Å²) in [5.41, 5.74) is 5.92. The molecular weight excluding hydrogens is 646 g/mol. The lowest BCUT2D eigenvalue weighted by molar-refractivity contribution is -0.137. The number of hydrogen-bond acceptors (Lipinski definition) is 6. The maximum atomic E-state index is 13.8. The van der Waals surface area contributed by atoms with E-state index in [9.17, 15) is 18.0 Å². The number of benzene rings is 4. The SMILES string of the molecule is O=C(OCC(=O)N1N=C2/C(=C/c3ccccc3)CCC[C@H]2[C@H]1c1ccccc1)c1cc(S(=O)(=O)N2CCc3ccccc3C2)ccc1Cl. The van der Waals surface area contributed by atoms with Crippen LogP contribution in [-0.4, -0.2) is 48.5 Å². The van der Waals surface area contributed by atoms with Crippen molar-refractivity contribution in [2.75, 3.05) is 13.2 Å². The maximum absolute atomic E-state index is 13.8. The first-order valence-corrected chi connectivity index (χ1v) is 17.9. The Balaban J connectivity index is 1.11. The van der Waals surface area contributed by atoms with Gasteiger partial charge in [-0.25, -0.2) is 18.2 Å². The second-order valence-electron chi connectivity index (χ2n) is 12.2. The predicted molar refractivity (Wildman–Crippen MR) is 185 cm³/mol. The lowest BCUT2D eigenvalue weighted by Gasteiger charge is -2.29. The van der Waals surface area contributed by atoms with E-state index in [1.165, 1.54) is 27.5 Å². The Labute approximate surface area is 285 Å². The molecule has 3 aliphatic rings. The largest absolute Gasteiger partial charge is 0.452 e. The van der Waals surface area contributed by atoms with Gasteiger partial charge in [0.1, 0.15) is 0 Å². The Morgan fingerprint density at radius 3 is 2.38 bits per heavy atom. The van der Waals surface area contributed by atoms with Gasteiger partial charge in [-0.1, -0.05) is 96.5 Å². The summed E-state index contributed by atoms with van der Waals surface area (Å²) in [6.07, 6.45) is 5.41. The number of esters is 1. The third-order valence-electron chi connectivity index (χ3n) is 9.26. The lowest BCUT2D eigenvalue weighted by Crippen LogP contribution is -2.36. The fraction of sp³-hybridized carbons (Fsp3) is 0.237. The highest BCUT2D eigenvalue weighted by Crippen LogP contribution is 2.44. The molecule has 0 N–H and O–H groups in total. The molecule has 1 amide bonds. The van der Waals surface area contributed by atoms with Gasteiger partial charge < -0.3 is 4.74 Å². The van der Waals surface area contributed by atoms with E-state index >= 15 is 0 Å². The minimum atomic E-state index is -3.93. The minimum absolute atomic E-state index is 0.00570. The Bertz CT molecular complexity index is 2030. The molecule has 1 aliphatic carbocycles. The number of ether oxygens (including phenoxy) is 1. The molecule has 2 atom stereocenters. The normalized spacial score (nSPS) is 20.1. The van der Waals surface area contributed by atoms with Crippen LogP contribution in [0, 0.1) is 5.92 Å². The van der Waals surface area contributed by atoms with Gasteiger partial charge in [-0.3, -0.25) is 4.79 Å². The summed E-state index contributed by atoms with van der Waals surface area (Å²) in [6, 6.07) is 31.2. The fourth-order valence-corrected chi connectivity index (χ4v) is 8.50. The van der Waals surface area contributed by atoms with Gasteiger partial charge in [0.15, 0.2) is 6.61 Å². The van der Waals surface area contributed by atoms with Crippen molar-refractivity contribution < 1.29 is 22.7 Å². The van der Waals surface area contributed by atoms with E-state index in [4.69, 9.17) is 21.4 Å². The average Bonchev–Trinajstić information content (AvgIpc) is 3.52. The number of sulfonamides is 1. The molecule has 10 heteroatoms. The number of rotatable bonds is 7. The number of allylic oxidation sites excluding steroid dienone is 1. The maximum Gasteiger partial charge on any atom is 0.340 e. The highest BCUT2D eigenvalue weighted by Gasteiger charge is 2.44. The van der Waals surface area contributed by atoms with Gasteiger partial charge in [0.05, 0.1) is 27.2 Å². The van der Waals surface area contributed by atoms with Gasteiger partial charge in [-0.05, 0) is 77.8 Å². The first kappa shape index (κ1) is 32.0. The molecule has 0 saturated heterocycles. The summed E-state index contributed by atoms with van der Waals surface area (Å²) < 4.78 is 34.1. The third-order valence-corrected chi connectivity index (χ3v) is 11.4. The van der Waals surface area contributed by atoms with Crippen molar-refractivity contribution in [3.63, 3.8) is 0 Å². The number of halogens is 1. The van der Waals surface area contributed by atoms with E-state index in [2.05, 4.69) is 6.08 Å². The molecule has 7 rings (SSSR count). The van der Waals surface area contributed by atoms with Crippen molar-refractivity contribution in [2.24, 2.45) is 11.0 Å². The van der Waals surface area contributed by atoms with Gasteiger partial charge in [0.2, 0.25) is 10.0 Å². The Hall–Kier alpha value is -4.57. The highest BCUT2D eigenvalue weighted by atomic mass is 35.5. The summed E-state index contributed by atoms with van der Waals surface area (Å²) in [6.45, 7) is -0.0282. The third kappa shape index (κ3) is 6.33. The van der Waals surface area contributed by atoms with E-state index in [1.54, 1.807) is 0 Å². The van der Waals surface area contributed by atoms with Crippen LogP contribution in [0.3, 0.4) is 0 Å². The summed E-state index contributed by atoms with van der Waals surface area (Å²) in [4.78, 5) is 27.0. The number of hydrazone groups is 1. The summed E-state index contributed by atoms with van der Waals surface area (Å²) in [5.74, 6) is -1.38. The van der Waals surface area contributed by atoms with E-state index in [-0.39, 0.29) is 34.0 Å². The van der Waals surface area contributed by atoms with Crippen LogP contribution in [0.2, 0.25) is 5.02 Å². The Morgan fingerprint density at radius 1 is 0.896 bits per heavy atom. The van der Waals surface area contributed by atoms with Crippen LogP contribution in [0.1, 0.15) is 57.9 Å². The van der Waals surface area contributed by atoms with Gasteiger partial charge >= 0.3 is 5.97 Å². The van der Waals surface area contributed by atoms with Crippen molar-refractivity contribution in [2.45, 2.75) is 43.2 Å². The van der Waals surface area contributed by atoms with Crippen LogP contribution in [0.25, 0.3) is 6.08 Å². The van der Waals surface area contributed by atoms with Crippen LogP contribution in [0.4, 0.5) is 0 Å². The van der Waals surface area contributed by atoms with E-state index in [0.717, 1.165) is 52.8 Å². The molecule has 0 spiro atoms. The first-order chi connectivity index (χ1) is 23.3. The zero-order valence-corrected chi connectivity index (χ0v) is 27.7. The quantitative estimate of drug-likeness (QED) is 0.195. The van der Waals surface area contributed by atoms with Gasteiger partial charge in [0.25, 0.3) is 5.91 Å². The number of hydrogen-bond donors (Lipinski definition) is 0. The molecule has 2 heterocycles. The molecule has 4 aromatic carbocycles. The molecule has 1 saturated carbocycles. The Morgan fingerprint density at radius 2 is 1.60 bits per heavy atom. The fourth-order valence-electron chi connectivity index (χ4n) is 6.86. The zero-order valence-electron chi connectivity index (χ0n) is 26.2. The zero-order chi connectivity index (χ0) is 33.3. The van der Waals surface area contributed by atoms with Crippen LogP contribution < -0.4 is 0 Å². The molecule has 4 aromatic rings. The minimum Gasteiger partial charge on any atom is -0.452 e. The molecule has 2 aliphatic heterocycles. The van der Waals surface area contributed by atoms with Crippen LogP contribution >= 0.6 is 11.6 Å². The van der Waals surface area contributed by atoms with E-state index in [0.29, 0.717) is 13.0 Å². The topological polar surface area (TPSA) is 96.4 Å². The number of carbonyl (C=O) groups is 2. The molecule has 0 unspecified atom stereocenters. The standard InChI is InChI=1S/C38H34ClN3O5S/c39-34-19-18-31(48(45,46)41-21-20-27-12-7-8-15-30(27)24-41)23-33(34)38(44)47-25-35(43)42-37(28-13-5-2-6-14-28)32-17-9-16-29(36(32)40-42)22-26-10-3-1-4-11-26/h1-8,10-15,18-19,22-23,32,37H,9,16-17,20-21,24-25H2/b29-22+/t32-,37-/m1/s1. The number of nitrogens with zero attached hydrogens (tertiary/aromatic N) is 3. The van der Waals surface area contributed by atoms with Crippen molar-refractivity contribution in [3.8, 4) is 0 Å². The number of carbonyl (C=O) groups excluding carboxylic acids is 2. The van der Waals surface area contributed by atoms with Crippen molar-refractivity contribution in [3.05, 3.63) is 142 Å². The predicted octanol–water partition coefficient (Wildman–Crippen LogP) is 7.07. The van der Waals surface area contributed by atoms with Crippen LogP contribution in [-0.2, 0) is 32.5 Å². The molecule has 0 radical (unpaired) electrons. The lowest BCUT2D eigenvalue weighted by atomic mass is 9.77. The van der Waals surface area contributed by atoms with Gasteiger partial charge in [-0.15, -0.1) is 0 Å². The summed E-state index contributed by atoms with van der Waals surface area (Å²) in [5, 5.41) is 6.33. The summed E-state index contributed by atoms with van der Waals surface area (Å²) >= 11 is 6.37. The second kappa shape index (κ2) is 13.5. The van der Waals surface area contributed by atoms with Gasteiger partial charge in [0, 0.05) is 19.0 Å². The smallest absolute Gasteiger partial charge is 0.340 e. The molecule has 0 aromatic heterocycles. The van der Waals surface area contributed by atoms with Crippen LogP contribution in [0.15, 0.2) is 119 Å². The molecule has 0 bridgehead atoms. The van der Waals surface area contributed by atoms with Gasteiger partial charge in [-0.2, -0.15) is 9.41 Å². The van der Waals surface area contributed by atoms with E-state index < -0.39 is 28.5 Å². The molecule has 1 fully saturated rings. The second-order valence-corrected chi connectivity index (χ2v) is 14.6. The Kier molecular flexibility index (Phi) is 9.00. The highest BCUT2D eigenvalue weighted by molar-refractivity contribution is 7.89. The molecule has 8 nitrogen and oxygen atoms in total. The molecule has 244 valence electrons. The number of fused-ring (bicyclic) bond motifs is 2. The summed E-state index contributed by atoms with van der Waals surface area (Å²) in [7, 11) is -3.93.